The summed E-state index contributed by atoms with van der Waals surface area (Å²) in [6.45, 7) is 6.88. The Hall–Kier alpha value is -0.610. The number of piperidine rings is 1. The maximum absolute atomic E-state index is 11.6. The molecule has 0 saturated carbocycles. The zero-order valence-corrected chi connectivity index (χ0v) is 10.4. The average Bonchev–Trinajstić information content (AvgIpc) is 2.27. The van der Waals surface area contributed by atoms with Crippen LogP contribution in [0.4, 0.5) is 0 Å². The van der Waals surface area contributed by atoms with Gasteiger partial charge in [-0.05, 0) is 25.3 Å². The number of amides is 1. The van der Waals surface area contributed by atoms with Gasteiger partial charge in [0.2, 0.25) is 5.91 Å². The monoisotopic (exact) mass is 228 g/mol. The normalized spacial score (nSPS) is 25.8. The predicted molar refractivity (Wildman–Crippen MR) is 64.1 cm³/mol. The second kappa shape index (κ2) is 6.86. The van der Waals surface area contributed by atoms with Gasteiger partial charge in [-0.15, -0.1) is 0 Å². The van der Waals surface area contributed by atoms with Gasteiger partial charge in [0.25, 0.3) is 0 Å². The Morgan fingerprint density at radius 3 is 2.88 bits per heavy atom. The molecule has 4 heteroatoms. The van der Waals surface area contributed by atoms with Crippen LogP contribution in [-0.4, -0.2) is 48.2 Å². The summed E-state index contributed by atoms with van der Waals surface area (Å²) in [6.07, 6.45) is 2.50. The van der Waals surface area contributed by atoms with Crippen molar-refractivity contribution in [2.45, 2.75) is 39.2 Å². The topological polar surface area (TPSA) is 52.6 Å². The highest BCUT2D eigenvalue weighted by Gasteiger charge is 2.26. The molecular weight excluding hydrogens is 204 g/mol. The zero-order valence-electron chi connectivity index (χ0n) is 10.4. The minimum atomic E-state index is 0.229. The number of rotatable bonds is 5. The summed E-state index contributed by atoms with van der Waals surface area (Å²) in [7, 11) is 0. The van der Waals surface area contributed by atoms with E-state index in [4.69, 9.17) is 5.11 Å². The molecule has 1 amide bonds. The first-order valence-corrected chi connectivity index (χ1v) is 6.29. The second-order valence-electron chi connectivity index (χ2n) is 4.72. The number of likely N-dealkylation sites (tertiary alicyclic amines) is 1. The highest BCUT2D eigenvalue weighted by atomic mass is 16.3. The minimum Gasteiger partial charge on any atom is -0.396 e. The predicted octanol–water partition coefficient (Wildman–Crippen LogP) is 0.605. The van der Waals surface area contributed by atoms with Gasteiger partial charge in [-0.3, -0.25) is 4.79 Å². The van der Waals surface area contributed by atoms with Gasteiger partial charge in [0.05, 0.1) is 0 Å². The fourth-order valence-electron chi connectivity index (χ4n) is 2.31. The molecule has 0 aromatic carbocycles. The van der Waals surface area contributed by atoms with Crippen LogP contribution >= 0.6 is 0 Å². The van der Waals surface area contributed by atoms with Crippen molar-refractivity contribution >= 4 is 5.91 Å². The third-order valence-electron chi connectivity index (χ3n) is 3.08. The van der Waals surface area contributed by atoms with Crippen LogP contribution in [-0.2, 0) is 4.79 Å². The lowest BCUT2D eigenvalue weighted by Gasteiger charge is -2.37. The molecule has 1 rings (SSSR count). The molecule has 1 saturated heterocycles. The summed E-state index contributed by atoms with van der Waals surface area (Å²) in [6, 6.07) is 0.394. The van der Waals surface area contributed by atoms with E-state index in [1.807, 2.05) is 11.8 Å². The largest absolute Gasteiger partial charge is 0.396 e. The molecule has 16 heavy (non-hydrogen) atoms. The highest BCUT2D eigenvalue weighted by Crippen LogP contribution is 2.17. The second-order valence-corrected chi connectivity index (χ2v) is 4.72. The van der Waals surface area contributed by atoms with Crippen molar-refractivity contribution in [3.63, 3.8) is 0 Å². The van der Waals surface area contributed by atoms with Crippen molar-refractivity contribution in [3.05, 3.63) is 0 Å². The molecule has 0 bridgehead atoms. The van der Waals surface area contributed by atoms with Crippen molar-refractivity contribution in [1.29, 1.82) is 0 Å². The Labute approximate surface area is 98.0 Å². The number of aliphatic hydroxyl groups is 1. The molecule has 2 unspecified atom stereocenters. The van der Waals surface area contributed by atoms with E-state index in [1.165, 1.54) is 0 Å². The molecule has 94 valence electrons. The van der Waals surface area contributed by atoms with Gasteiger partial charge in [0, 0.05) is 32.2 Å². The lowest BCUT2D eigenvalue weighted by atomic mass is 9.95. The molecule has 1 aliphatic heterocycles. The van der Waals surface area contributed by atoms with Crippen LogP contribution in [0.2, 0.25) is 0 Å². The van der Waals surface area contributed by atoms with Crippen molar-refractivity contribution < 1.29 is 9.90 Å². The zero-order chi connectivity index (χ0) is 12.0. The van der Waals surface area contributed by atoms with E-state index in [1.54, 1.807) is 0 Å². The average molecular weight is 228 g/mol. The van der Waals surface area contributed by atoms with E-state index in [2.05, 4.69) is 12.2 Å². The van der Waals surface area contributed by atoms with Crippen LogP contribution in [0.15, 0.2) is 0 Å². The summed E-state index contributed by atoms with van der Waals surface area (Å²) < 4.78 is 0. The highest BCUT2D eigenvalue weighted by molar-refractivity contribution is 5.75. The smallest absolute Gasteiger partial charge is 0.222 e. The number of nitrogens with zero attached hydrogens (tertiary/aromatic N) is 1. The number of hydrogen-bond acceptors (Lipinski definition) is 3. The van der Waals surface area contributed by atoms with E-state index in [0.717, 1.165) is 32.5 Å². The van der Waals surface area contributed by atoms with Crippen LogP contribution in [0, 0.1) is 5.92 Å². The number of carbonyl (C=O) groups excluding carboxylic acids is 1. The van der Waals surface area contributed by atoms with Crippen molar-refractivity contribution in [3.8, 4) is 0 Å². The van der Waals surface area contributed by atoms with Gasteiger partial charge in [-0.25, -0.2) is 0 Å². The molecule has 0 aromatic rings. The lowest BCUT2D eigenvalue weighted by molar-refractivity contribution is -0.133. The standard InChI is InChI=1S/C12H24N2O2/c1-3-12(16)14-8-10(2)7-11(9-14)13-5-4-6-15/h10-11,13,15H,3-9H2,1-2H3. The van der Waals surface area contributed by atoms with E-state index in [-0.39, 0.29) is 12.5 Å². The molecular formula is C12H24N2O2. The maximum atomic E-state index is 11.6. The van der Waals surface area contributed by atoms with Gasteiger partial charge in [0.1, 0.15) is 0 Å². The fraction of sp³-hybridized carbons (Fsp3) is 0.917. The third kappa shape index (κ3) is 4.10. The third-order valence-corrected chi connectivity index (χ3v) is 3.08. The Kier molecular flexibility index (Phi) is 5.77. The number of carbonyl (C=O) groups is 1. The first-order chi connectivity index (χ1) is 7.67. The number of aliphatic hydroxyl groups excluding tert-OH is 1. The lowest BCUT2D eigenvalue weighted by Crippen LogP contribution is -2.50. The number of hydrogen-bond donors (Lipinski definition) is 2. The Morgan fingerprint density at radius 2 is 2.25 bits per heavy atom. The molecule has 0 aliphatic carbocycles. The van der Waals surface area contributed by atoms with Crippen molar-refractivity contribution in [2.24, 2.45) is 5.92 Å². The SMILES string of the molecule is CCC(=O)N1CC(C)CC(NCCCO)C1. The molecule has 2 N–H and O–H groups in total. The first kappa shape index (κ1) is 13.5. The molecule has 1 fully saturated rings. The van der Waals surface area contributed by atoms with Crippen molar-refractivity contribution in [2.75, 3.05) is 26.2 Å². The molecule has 0 aromatic heterocycles. The molecule has 0 radical (unpaired) electrons. The van der Waals surface area contributed by atoms with Crippen LogP contribution in [0.3, 0.4) is 0 Å². The van der Waals surface area contributed by atoms with Crippen LogP contribution in [0.5, 0.6) is 0 Å². The van der Waals surface area contributed by atoms with E-state index < -0.39 is 0 Å². The molecule has 1 heterocycles. The summed E-state index contributed by atoms with van der Waals surface area (Å²) in [5.41, 5.74) is 0. The molecule has 1 aliphatic rings. The quantitative estimate of drug-likeness (QED) is 0.678. The Bertz CT molecular complexity index is 221. The van der Waals surface area contributed by atoms with E-state index in [9.17, 15) is 4.79 Å². The van der Waals surface area contributed by atoms with Crippen LogP contribution in [0.25, 0.3) is 0 Å². The molecule has 4 nitrogen and oxygen atoms in total. The van der Waals surface area contributed by atoms with Gasteiger partial charge in [-0.2, -0.15) is 0 Å². The van der Waals surface area contributed by atoms with Gasteiger partial charge >= 0.3 is 0 Å². The summed E-state index contributed by atoms with van der Waals surface area (Å²) in [4.78, 5) is 13.6. The first-order valence-electron chi connectivity index (χ1n) is 6.29. The summed E-state index contributed by atoms with van der Waals surface area (Å²) in [5.74, 6) is 0.816. The van der Waals surface area contributed by atoms with Crippen molar-refractivity contribution in [1.82, 2.24) is 10.2 Å². The summed E-state index contributed by atoms with van der Waals surface area (Å²) >= 11 is 0. The van der Waals surface area contributed by atoms with Crippen LogP contribution in [0.1, 0.15) is 33.1 Å². The maximum Gasteiger partial charge on any atom is 0.222 e. The fourth-order valence-corrected chi connectivity index (χ4v) is 2.31. The van der Waals surface area contributed by atoms with Crippen LogP contribution < -0.4 is 5.32 Å². The number of nitrogens with one attached hydrogen (secondary N) is 1. The summed E-state index contributed by atoms with van der Waals surface area (Å²) in [5, 5.41) is 12.1. The minimum absolute atomic E-state index is 0.229. The molecule has 0 spiro atoms. The molecule has 2 atom stereocenters. The van der Waals surface area contributed by atoms with E-state index >= 15 is 0 Å². The van der Waals surface area contributed by atoms with Gasteiger partial charge in [0.15, 0.2) is 0 Å². The Balaban J connectivity index is 2.38. The Morgan fingerprint density at radius 1 is 1.50 bits per heavy atom. The van der Waals surface area contributed by atoms with Gasteiger partial charge < -0.3 is 15.3 Å². The van der Waals surface area contributed by atoms with Gasteiger partial charge in [-0.1, -0.05) is 13.8 Å². The van der Waals surface area contributed by atoms with E-state index in [0.29, 0.717) is 18.4 Å².